The average molecular weight is 242 g/mol. The monoisotopic (exact) mass is 242 g/mol. The van der Waals surface area contributed by atoms with Crippen LogP contribution in [-0.4, -0.2) is 19.5 Å². The highest BCUT2D eigenvalue weighted by atomic mass is 16.2. The van der Waals surface area contributed by atoms with Gasteiger partial charge in [0.25, 0.3) is 5.56 Å². The van der Waals surface area contributed by atoms with Crippen molar-refractivity contribution < 1.29 is 0 Å². The number of para-hydroxylation sites is 1. The van der Waals surface area contributed by atoms with E-state index >= 15 is 0 Å². The van der Waals surface area contributed by atoms with Crippen molar-refractivity contribution in [2.45, 2.75) is 6.92 Å². The first-order chi connectivity index (χ1) is 8.58. The number of aromatic amines is 1. The first-order valence-corrected chi connectivity index (χ1v) is 5.44. The number of aromatic nitrogens is 4. The highest BCUT2D eigenvalue weighted by Crippen LogP contribution is 2.15. The summed E-state index contributed by atoms with van der Waals surface area (Å²) < 4.78 is 0.985. The number of H-pyrrole nitrogens is 1. The van der Waals surface area contributed by atoms with Gasteiger partial charge in [0.2, 0.25) is 0 Å². The summed E-state index contributed by atoms with van der Waals surface area (Å²) in [5.74, 6) is 0. The minimum Gasteiger partial charge on any atom is -0.290 e. The molecular weight excluding hydrogens is 232 g/mol. The van der Waals surface area contributed by atoms with Gasteiger partial charge in [0.15, 0.2) is 11.2 Å². The molecule has 3 aromatic rings. The lowest BCUT2D eigenvalue weighted by molar-refractivity contribution is 0.788. The van der Waals surface area contributed by atoms with E-state index in [-0.39, 0.29) is 11.2 Å². The van der Waals surface area contributed by atoms with E-state index in [9.17, 15) is 9.59 Å². The van der Waals surface area contributed by atoms with E-state index in [0.717, 1.165) is 10.1 Å². The number of benzene rings is 1. The van der Waals surface area contributed by atoms with Crippen molar-refractivity contribution in [3.05, 3.63) is 44.6 Å². The Labute approximate surface area is 101 Å². The minimum atomic E-state index is -0.491. The van der Waals surface area contributed by atoms with Crippen molar-refractivity contribution in [2.75, 3.05) is 0 Å². The Balaban J connectivity index is 2.62. The molecule has 1 N–H and O–H groups in total. The molecule has 0 saturated carbocycles. The summed E-state index contributed by atoms with van der Waals surface area (Å²) in [4.78, 5) is 34.6. The van der Waals surface area contributed by atoms with Gasteiger partial charge in [-0.2, -0.15) is 0 Å². The number of rotatable bonds is 0. The summed E-state index contributed by atoms with van der Waals surface area (Å²) in [5, 5.41) is 0. The standard InChI is InChI=1S/C12H10N4O2/c1-6-4-3-5-7-8(6)14-10-9(13-7)11(17)16(2)12(18)15-10/h3-5H,1-2H3,(H,14,15,18). The quantitative estimate of drug-likeness (QED) is 0.581. The molecule has 6 heteroatoms. The van der Waals surface area contributed by atoms with E-state index in [2.05, 4.69) is 15.0 Å². The minimum absolute atomic E-state index is 0.176. The third-order valence-corrected chi connectivity index (χ3v) is 2.93. The predicted octanol–water partition coefficient (Wildman–Crippen LogP) is 0.478. The second kappa shape index (κ2) is 3.49. The van der Waals surface area contributed by atoms with Crippen molar-refractivity contribution in [1.29, 1.82) is 0 Å². The molecule has 1 aromatic carbocycles. The molecule has 0 saturated heterocycles. The first-order valence-electron chi connectivity index (χ1n) is 5.44. The Bertz CT molecular complexity index is 892. The van der Waals surface area contributed by atoms with Gasteiger partial charge in [0.05, 0.1) is 11.0 Å². The second-order valence-electron chi connectivity index (χ2n) is 4.16. The maximum Gasteiger partial charge on any atom is 0.329 e. The Hall–Kier alpha value is -2.50. The molecule has 0 aliphatic heterocycles. The number of aryl methyl sites for hydroxylation is 1. The lowest BCUT2D eigenvalue weighted by Gasteiger charge is -2.03. The third-order valence-electron chi connectivity index (χ3n) is 2.93. The van der Waals surface area contributed by atoms with Gasteiger partial charge in [-0.1, -0.05) is 12.1 Å². The van der Waals surface area contributed by atoms with Crippen LogP contribution in [0.4, 0.5) is 0 Å². The molecule has 6 nitrogen and oxygen atoms in total. The lowest BCUT2D eigenvalue weighted by Crippen LogP contribution is -2.33. The van der Waals surface area contributed by atoms with Gasteiger partial charge in [0.1, 0.15) is 0 Å². The van der Waals surface area contributed by atoms with Gasteiger partial charge in [-0.3, -0.25) is 14.3 Å². The molecule has 0 amide bonds. The Morgan fingerprint density at radius 3 is 2.72 bits per heavy atom. The van der Waals surface area contributed by atoms with Crippen molar-refractivity contribution in [2.24, 2.45) is 7.05 Å². The predicted molar refractivity (Wildman–Crippen MR) is 67.6 cm³/mol. The zero-order chi connectivity index (χ0) is 12.9. The van der Waals surface area contributed by atoms with Crippen LogP contribution >= 0.6 is 0 Å². The molecule has 0 spiro atoms. The Morgan fingerprint density at radius 1 is 1.17 bits per heavy atom. The van der Waals surface area contributed by atoms with Crippen molar-refractivity contribution >= 4 is 22.2 Å². The van der Waals surface area contributed by atoms with Gasteiger partial charge in [0, 0.05) is 7.05 Å². The molecule has 2 aromatic heterocycles. The van der Waals surface area contributed by atoms with Crippen LogP contribution in [0.1, 0.15) is 5.56 Å². The van der Waals surface area contributed by atoms with Crippen LogP contribution in [0.25, 0.3) is 22.2 Å². The molecule has 0 radical (unpaired) electrons. The van der Waals surface area contributed by atoms with E-state index in [4.69, 9.17) is 0 Å². The average Bonchev–Trinajstić information content (AvgIpc) is 2.36. The zero-order valence-electron chi connectivity index (χ0n) is 9.89. The molecule has 0 bridgehead atoms. The van der Waals surface area contributed by atoms with E-state index in [1.54, 1.807) is 6.07 Å². The van der Waals surface area contributed by atoms with Gasteiger partial charge < -0.3 is 0 Å². The maximum absolute atomic E-state index is 11.9. The molecule has 0 fully saturated rings. The van der Waals surface area contributed by atoms with Crippen LogP contribution in [-0.2, 0) is 7.05 Å². The molecule has 3 rings (SSSR count). The van der Waals surface area contributed by atoms with E-state index in [0.29, 0.717) is 11.0 Å². The fourth-order valence-corrected chi connectivity index (χ4v) is 1.89. The molecular formula is C12H10N4O2. The fraction of sp³-hybridized carbons (Fsp3) is 0.167. The zero-order valence-corrected chi connectivity index (χ0v) is 9.89. The molecule has 90 valence electrons. The third kappa shape index (κ3) is 1.35. The molecule has 0 atom stereocenters. The number of fused-ring (bicyclic) bond motifs is 2. The van der Waals surface area contributed by atoms with Crippen molar-refractivity contribution in [1.82, 2.24) is 19.5 Å². The van der Waals surface area contributed by atoms with Gasteiger partial charge >= 0.3 is 5.69 Å². The molecule has 0 unspecified atom stereocenters. The number of hydrogen-bond donors (Lipinski definition) is 1. The molecule has 18 heavy (non-hydrogen) atoms. The van der Waals surface area contributed by atoms with Gasteiger partial charge in [-0.15, -0.1) is 0 Å². The van der Waals surface area contributed by atoms with Crippen LogP contribution in [0.15, 0.2) is 27.8 Å². The van der Waals surface area contributed by atoms with Gasteiger partial charge in [-0.05, 0) is 18.6 Å². The van der Waals surface area contributed by atoms with Crippen LogP contribution < -0.4 is 11.2 Å². The second-order valence-corrected chi connectivity index (χ2v) is 4.16. The van der Waals surface area contributed by atoms with Crippen LogP contribution in [0.2, 0.25) is 0 Å². The normalized spacial score (nSPS) is 11.2. The Morgan fingerprint density at radius 2 is 1.94 bits per heavy atom. The summed E-state index contributed by atoms with van der Waals surface area (Å²) in [5.41, 5.74) is 1.75. The first kappa shape index (κ1) is 10.6. The number of hydrogen-bond acceptors (Lipinski definition) is 4. The highest BCUT2D eigenvalue weighted by molar-refractivity contribution is 5.85. The summed E-state index contributed by atoms with van der Waals surface area (Å²) in [6.07, 6.45) is 0. The topological polar surface area (TPSA) is 80.6 Å². The largest absolute Gasteiger partial charge is 0.329 e. The van der Waals surface area contributed by atoms with Gasteiger partial charge in [-0.25, -0.2) is 14.8 Å². The Kier molecular flexibility index (Phi) is 2.07. The van der Waals surface area contributed by atoms with E-state index < -0.39 is 11.2 Å². The van der Waals surface area contributed by atoms with E-state index in [1.807, 2.05) is 19.1 Å². The number of nitrogens with zero attached hydrogens (tertiary/aromatic N) is 3. The van der Waals surface area contributed by atoms with Crippen LogP contribution in [0.3, 0.4) is 0 Å². The highest BCUT2D eigenvalue weighted by Gasteiger charge is 2.09. The van der Waals surface area contributed by atoms with Crippen molar-refractivity contribution in [3.8, 4) is 0 Å². The fourth-order valence-electron chi connectivity index (χ4n) is 1.89. The lowest BCUT2D eigenvalue weighted by atomic mass is 10.2. The van der Waals surface area contributed by atoms with Crippen LogP contribution in [0, 0.1) is 6.92 Å². The smallest absolute Gasteiger partial charge is 0.290 e. The molecule has 0 aliphatic rings. The summed E-state index contributed by atoms with van der Waals surface area (Å²) in [6.45, 7) is 1.90. The molecule has 2 heterocycles. The number of nitrogens with one attached hydrogen (secondary N) is 1. The SMILES string of the molecule is Cc1cccc2nc3c(=O)n(C)c(=O)[nH]c3nc12. The van der Waals surface area contributed by atoms with E-state index in [1.165, 1.54) is 7.05 Å². The summed E-state index contributed by atoms with van der Waals surface area (Å²) >= 11 is 0. The summed E-state index contributed by atoms with van der Waals surface area (Å²) in [6, 6.07) is 5.55. The summed E-state index contributed by atoms with van der Waals surface area (Å²) in [7, 11) is 1.41. The maximum atomic E-state index is 11.9. The van der Waals surface area contributed by atoms with Crippen molar-refractivity contribution in [3.63, 3.8) is 0 Å². The van der Waals surface area contributed by atoms with Crippen LogP contribution in [0.5, 0.6) is 0 Å². The molecule has 0 aliphatic carbocycles.